The molecule has 0 spiro atoms. The first-order chi connectivity index (χ1) is 9.97. The Hall–Kier alpha value is -3.15. The summed E-state index contributed by atoms with van der Waals surface area (Å²) >= 11 is 0. The van der Waals surface area contributed by atoms with Crippen molar-refractivity contribution in [2.24, 2.45) is 0 Å². The number of nitro benzene ring substituents is 1. The Morgan fingerprint density at radius 2 is 2.19 bits per heavy atom. The molecule has 0 aliphatic heterocycles. The SMILES string of the molecule is N#CCCNC(=O)COc1cccc([N+](=O)[O-])c1C(=O)O. The molecule has 1 rings (SSSR count). The number of hydrogen-bond acceptors (Lipinski definition) is 6. The van der Waals surface area contributed by atoms with E-state index in [1.54, 1.807) is 0 Å². The van der Waals surface area contributed by atoms with Crippen LogP contribution in [0.4, 0.5) is 5.69 Å². The maximum absolute atomic E-state index is 11.4. The van der Waals surface area contributed by atoms with E-state index in [0.29, 0.717) is 0 Å². The molecule has 110 valence electrons. The van der Waals surface area contributed by atoms with Gasteiger partial charge < -0.3 is 15.2 Å². The van der Waals surface area contributed by atoms with Gasteiger partial charge in [0.15, 0.2) is 12.2 Å². The number of nitriles is 1. The molecule has 1 aromatic carbocycles. The van der Waals surface area contributed by atoms with Crippen LogP contribution in [0.2, 0.25) is 0 Å². The van der Waals surface area contributed by atoms with Gasteiger partial charge in [0.05, 0.1) is 17.4 Å². The average Bonchev–Trinajstić information content (AvgIpc) is 2.44. The lowest BCUT2D eigenvalue weighted by Gasteiger charge is -2.09. The van der Waals surface area contributed by atoms with Crippen molar-refractivity contribution in [2.75, 3.05) is 13.2 Å². The van der Waals surface area contributed by atoms with E-state index in [2.05, 4.69) is 5.32 Å². The van der Waals surface area contributed by atoms with Crippen LogP contribution in [0.15, 0.2) is 18.2 Å². The monoisotopic (exact) mass is 293 g/mol. The molecule has 9 nitrogen and oxygen atoms in total. The largest absolute Gasteiger partial charge is 0.483 e. The molecule has 0 fully saturated rings. The summed E-state index contributed by atoms with van der Waals surface area (Å²) in [6.45, 7) is -0.369. The van der Waals surface area contributed by atoms with Crippen LogP contribution in [0, 0.1) is 21.4 Å². The molecule has 0 aliphatic carbocycles. The van der Waals surface area contributed by atoms with Crippen molar-refractivity contribution in [2.45, 2.75) is 6.42 Å². The number of carboxylic acids is 1. The second-order valence-corrected chi connectivity index (χ2v) is 3.76. The zero-order valence-electron chi connectivity index (χ0n) is 10.7. The third-order valence-corrected chi connectivity index (χ3v) is 2.33. The number of nitrogens with zero attached hydrogens (tertiary/aromatic N) is 2. The van der Waals surface area contributed by atoms with Gasteiger partial charge in [-0.3, -0.25) is 14.9 Å². The molecule has 0 bridgehead atoms. The minimum atomic E-state index is -1.53. The lowest BCUT2D eigenvalue weighted by Crippen LogP contribution is -2.29. The topological polar surface area (TPSA) is 143 Å². The molecule has 0 aromatic heterocycles. The first-order valence-corrected chi connectivity index (χ1v) is 5.74. The fraction of sp³-hybridized carbons (Fsp3) is 0.250. The molecule has 0 heterocycles. The first kappa shape index (κ1) is 15.9. The summed E-state index contributed by atoms with van der Waals surface area (Å²) in [5.41, 5.74) is -1.24. The van der Waals surface area contributed by atoms with Gasteiger partial charge in [-0.2, -0.15) is 5.26 Å². The van der Waals surface area contributed by atoms with Crippen molar-refractivity contribution in [3.63, 3.8) is 0 Å². The Kier molecular flexibility index (Phi) is 5.64. The number of rotatable bonds is 7. The summed E-state index contributed by atoms with van der Waals surface area (Å²) in [5.74, 6) is -2.36. The zero-order valence-corrected chi connectivity index (χ0v) is 10.7. The van der Waals surface area contributed by atoms with Crippen LogP contribution in [0.3, 0.4) is 0 Å². The number of nitrogens with one attached hydrogen (secondary N) is 1. The second-order valence-electron chi connectivity index (χ2n) is 3.76. The summed E-state index contributed by atoms with van der Waals surface area (Å²) < 4.78 is 5.00. The quantitative estimate of drug-likeness (QED) is 0.428. The van der Waals surface area contributed by atoms with Crippen molar-refractivity contribution in [3.8, 4) is 11.8 Å². The molecular formula is C12H11N3O6. The van der Waals surface area contributed by atoms with E-state index in [1.165, 1.54) is 12.1 Å². The van der Waals surface area contributed by atoms with Crippen LogP contribution in [0.25, 0.3) is 0 Å². The molecule has 21 heavy (non-hydrogen) atoms. The van der Waals surface area contributed by atoms with Crippen LogP contribution in [-0.2, 0) is 4.79 Å². The van der Waals surface area contributed by atoms with E-state index >= 15 is 0 Å². The third kappa shape index (κ3) is 4.46. The lowest BCUT2D eigenvalue weighted by atomic mass is 10.1. The summed E-state index contributed by atoms with van der Waals surface area (Å²) in [5, 5.41) is 30.5. The van der Waals surface area contributed by atoms with E-state index in [9.17, 15) is 19.7 Å². The van der Waals surface area contributed by atoms with Crippen molar-refractivity contribution >= 4 is 17.6 Å². The highest BCUT2D eigenvalue weighted by atomic mass is 16.6. The Balaban J connectivity index is 2.82. The van der Waals surface area contributed by atoms with Gasteiger partial charge in [-0.05, 0) is 6.07 Å². The predicted octanol–water partition coefficient (Wildman–Crippen LogP) is 0.702. The van der Waals surface area contributed by atoms with Crippen molar-refractivity contribution < 1.29 is 24.4 Å². The number of benzene rings is 1. The summed E-state index contributed by atoms with van der Waals surface area (Å²) in [6.07, 6.45) is 0.128. The molecule has 0 radical (unpaired) electrons. The van der Waals surface area contributed by atoms with Gasteiger partial charge in [0.2, 0.25) is 0 Å². The molecule has 9 heteroatoms. The smallest absolute Gasteiger partial charge is 0.346 e. The molecule has 1 aromatic rings. The highest BCUT2D eigenvalue weighted by Gasteiger charge is 2.24. The van der Waals surface area contributed by atoms with E-state index in [4.69, 9.17) is 15.1 Å². The first-order valence-electron chi connectivity index (χ1n) is 5.74. The van der Waals surface area contributed by atoms with Crippen LogP contribution in [0.1, 0.15) is 16.8 Å². The number of aromatic carboxylic acids is 1. The van der Waals surface area contributed by atoms with Crippen LogP contribution in [-0.4, -0.2) is 35.1 Å². The van der Waals surface area contributed by atoms with E-state index in [-0.39, 0.29) is 18.7 Å². The van der Waals surface area contributed by atoms with Gasteiger partial charge in [-0.15, -0.1) is 0 Å². The van der Waals surface area contributed by atoms with Crippen LogP contribution in [0.5, 0.6) is 5.75 Å². The number of amides is 1. The van der Waals surface area contributed by atoms with Gasteiger partial charge in [0.25, 0.3) is 11.6 Å². The van der Waals surface area contributed by atoms with Crippen molar-refractivity contribution in [3.05, 3.63) is 33.9 Å². The molecule has 2 N–H and O–H groups in total. The summed E-state index contributed by atoms with van der Waals surface area (Å²) in [4.78, 5) is 32.4. The van der Waals surface area contributed by atoms with E-state index < -0.39 is 34.7 Å². The van der Waals surface area contributed by atoms with Crippen LogP contribution < -0.4 is 10.1 Å². The van der Waals surface area contributed by atoms with Gasteiger partial charge in [-0.1, -0.05) is 6.07 Å². The molecule has 0 saturated heterocycles. The third-order valence-electron chi connectivity index (χ3n) is 2.33. The molecule has 0 unspecified atom stereocenters. The Bertz CT molecular complexity index is 608. The molecule has 0 saturated carbocycles. The number of nitro groups is 1. The average molecular weight is 293 g/mol. The normalized spacial score (nSPS) is 9.48. The van der Waals surface area contributed by atoms with Gasteiger partial charge >= 0.3 is 5.97 Å². The maximum atomic E-state index is 11.4. The van der Waals surface area contributed by atoms with Gasteiger partial charge in [0, 0.05) is 12.6 Å². The summed E-state index contributed by atoms with van der Waals surface area (Å²) in [7, 11) is 0. The Morgan fingerprint density at radius 1 is 1.48 bits per heavy atom. The van der Waals surface area contributed by atoms with Gasteiger partial charge in [0.1, 0.15) is 5.75 Å². The minimum Gasteiger partial charge on any atom is -0.483 e. The molecular weight excluding hydrogens is 282 g/mol. The standard InChI is InChI=1S/C12H11N3O6/c13-5-2-6-14-10(16)7-21-9-4-1-3-8(15(19)20)11(9)12(17)18/h1,3-4H,2,6-7H2,(H,14,16)(H,17,18). The molecule has 0 aliphatic rings. The second kappa shape index (κ2) is 7.44. The minimum absolute atomic E-state index is 0.128. The molecule has 1 amide bonds. The number of hydrogen-bond donors (Lipinski definition) is 2. The van der Waals surface area contributed by atoms with Crippen molar-refractivity contribution in [1.29, 1.82) is 5.26 Å². The lowest BCUT2D eigenvalue weighted by molar-refractivity contribution is -0.385. The zero-order chi connectivity index (χ0) is 15.8. The highest BCUT2D eigenvalue weighted by Crippen LogP contribution is 2.28. The number of ether oxygens (including phenoxy) is 1. The van der Waals surface area contributed by atoms with Crippen LogP contribution >= 0.6 is 0 Å². The fourth-order valence-corrected chi connectivity index (χ4v) is 1.46. The van der Waals surface area contributed by atoms with E-state index in [1.807, 2.05) is 6.07 Å². The fourth-order valence-electron chi connectivity index (χ4n) is 1.46. The summed E-state index contributed by atoms with van der Waals surface area (Å²) in [6, 6.07) is 5.34. The number of carbonyl (C=O) groups is 2. The molecule has 0 atom stereocenters. The highest BCUT2D eigenvalue weighted by molar-refractivity contribution is 5.95. The van der Waals surface area contributed by atoms with Gasteiger partial charge in [-0.25, -0.2) is 4.79 Å². The van der Waals surface area contributed by atoms with Crippen molar-refractivity contribution in [1.82, 2.24) is 5.32 Å². The number of carbonyl (C=O) groups excluding carboxylic acids is 1. The Morgan fingerprint density at radius 3 is 2.76 bits per heavy atom. The van der Waals surface area contributed by atoms with E-state index in [0.717, 1.165) is 6.07 Å². The maximum Gasteiger partial charge on any atom is 0.346 e. The Labute approximate surface area is 118 Å². The number of carboxylic acid groups (broad SMARTS) is 1. The predicted molar refractivity (Wildman–Crippen MR) is 68.8 cm³/mol.